The van der Waals surface area contributed by atoms with Gasteiger partial charge in [0.1, 0.15) is 17.6 Å². The molecule has 2 heterocycles. The first-order chi connectivity index (χ1) is 11.9. The minimum absolute atomic E-state index is 0.0580. The van der Waals surface area contributed by atoms with Crippen LogP contribution >= 0.6 is 15.9 Å². The minimum atomic E-state index is -1.02. The lowest BCUT2D eigenvalue weighted by Crippen LogP contribution is -2.47. The van der Waals surface area contributed by atoms with Crippen molar-refractivity contribution in [3.05, 3.63) is 58.1 Å². The van der Waals surface area contributed by atoms with Crippen molar-refractivity contribution in [2.75, 3.05) is 0 Å². The lowest BCUT2D eigenvalue weighted by molar-refractivity contribution is -0.138. The molecular weight excluding hydrogens is 395 g/mol. The Labute approximate surface area is 151 Å². The molecule has 2 aromatic rings. The molecule has 0 saturated carbocycles. The van der Waals surface area contributed by atoms with E-state index in [-0.39, 0.29) is 30.6 Å². The Hall–Kier alpha value is -2.48. The van der Waals surface area contributed by atoms with E-state index in [1.165, 1.54) is 16.7 Å². The highest BCUT2D eigenvalue weighted by atomic mass is 79.9. The molecule has 25 heavy (non-hydrogen) atoms. The maximum Gasteiger partial charge on any atom is 0.303 e. The van der Waals surface area contributed by atoms with Gasteiger partial charge in [-0.3, -0.25) is 19.3 Å². The summed E-state index contributed by atoms with van der Waals surface area (Å²) in [6.45, 7) is -0.203. The number of carboxylic acid groups (broad SMARTS) is 1. The van der Waals surface area contributed by atoms with Gasteiger partial charge in [-0.1, -0.05) is 22.0 Å². The summed E-state index contributed by atoms with van der Waals surface area (Å²) in [6, 6.07) is 6.78. The number of carbonyl (C=O) groups excluding carboxylic acids is 2. The normalized spacial score (nSPS) is 16.9. The zero-order valence-corrected chi connectivity index (χ0v) is 14.6. The summed E-state index contributed by atoms with van der Waals surface area (Å²) in [7, 11) is 0. The third-order valence-corrected chi connectivity index (χ3v) is 4.60. The fourth-order valence-electron chi connectivity index (χ4n) is 2.88. The fourth-order valence-corrected chi connectivity index (χ4v) is 3.21. The number of halogens is 2. The number of carbonyl (C=O) groups is 3. The quantitative estimate of drug-likeness (QED) is 0.771. The topological polar surface area (TPSA) is 79.6 Å². The Morgan fingerprint density at radius 2 is 2.04 bits per heavy atom. The zero-order valence-electron chi connectivity index (χ0n) is 13.0. The number of nitrogens with zero attached hydrogens (tertiary/aromatic N) is 2. The number of fused-ring (bicyclic) bond motifs is 1. The molecule has 6 nitrogen and oxygen atoms in total. The molecule has 3 rings (SSSR count). The van der Waals surface area contributed by atoms with Crippen molar-refractivity contribution in [3.8, 4) is 0 Å². The standard InChI is InChI=1S/C17H14BrFN2O4/c18-11-4-3-10(12(19)8-11)9-21-16(24)13-2-1-7-20(13)14(17(21)25)5-6-15(22)23/h1-4,7-8,14H,5-6,9H2,(H,22,23). The zero-order chi connectivity index (χ0) is 18.1. The lowest BCUT2D eigenvalue weighted by atomic mass is 10.0. The van der Waals surface area contributed by atoms with Crippen molar-refractivity contribution >= 4 is 33.7 Å². The molecule has 1 aliphatic heterocycles. The van der Waals surface area contributed by atoms with Crippen LogP contribution in [-0.4, -0.2) is 32.4 Å². The number of carboxylic acids is 1. The van der Waals surface area contributed by atoms with E-state index in [0.29, 0.717) is 4.47 Å². The molecule has 0 aliphatic carbocycles. The van der Waals surface area contributed by atoms with Gasteiger partial charge in [0.2, 0.25) is 0 Å². The van der Waals surface area contributed by atoms with E-state index in [0.717, 1.165) is 4.90 Å². The van der Waals surface area contributed by atoms with Crippen LogP contribution in [0.25, 0.3) is 0 Å². The van der Waals surface area contributed by atoms with E-state index in [1.807, 2.05) is 0 Å². The lowest BCUT2D eigenvalue weighted by Gasteiger charge is -2.32. The van der Waals surface area contributed by atoms with Crippen molar-refractivity contribution in [1.29, 1.82) is 0 Å². The molecule has 0 bridgehead atoms. The van der Waals surface area contributed by atoms with Gasteiger partial charge in [0.15, 0.2) is 0 Å². The van der Waals surface area contributed by atoms with Gasteiger partial charge in [-0.25, -0.2) is 4.39 Å². The maximum absolute atomic E-state index is 14.1. The first-order valence-corrected chi connectivity index (χ1v) is 8.36. The van der Waals surface area contributed by atoms with Gasteiger partial charge in [0.25, 0.3) is 11.8 Å². The highest BCUT2D eigenvalue weighted by molar-refractivity contribution is 9.10. The molecule has 1 unspecified atom stereocenters. The van der Waals surface area contributed by atoms with Crippen molar-refractivity contribution in [2.24, 2.45) is 0 Å². The van der Waals surface area contributed by atoms with Crippen LogP contribution in [0.15, 0.2) is 41.0 Å². The molecule has 1 N–H and O–H groups in total. The number of hydrogen-bond donors (Lipinski definition) is 1. The summed E-state index contributed by atoms with van der Waals surface area (Å²) in [5.74, 6) is -2.61. The van der Waals surface area contributed by atoms with Crippen LogP contribution in [0.1, 0.15) is 34.9 Å². The maximum atomic E-state index is 14.1. The number of aromatic nitrogens is 1. The van der Waals surface area contributed by atoms with Gasteiger partial charge in [0.05, 0.1) is 6.54 Å². The number of amides is 2. The second-order valence-corrected chi connectivity index (χ2v) is 6.63. The molecule has 0 spiro atoms. The fraction of sp³-hybridized carbons (Fsp3) is 0.235. The Balaban J connectivity index is 1.93. The van der Waals surface area contributed by atoms with E-state index < -0.39 is 29.6 Å². The van der Waals surface area contributed by atoms with Crippen LogP contribution in [0.5, 0.6) is 0 Å². The highest BCUT2D eigenvalue weighted by Crippen LogP contribution is 2.28. The average Bonchev–Trinajstić information content (AvgIpc) is 3.02. The summed E-state index contributed by atoms with van der Waals surface area (Å²) < 4.78 is 16.1. The van der Waals surface area contributed by atoms with Crippen LogP contribution in [-0.2, 0) is 16.1 Å². The van der Waals surface area contributed by atoms with Gasteiger partial charge in [-0.15, -0.1) is 0 Å². The van der Waals surface area contributed by atoms with Gasteiger partial charge in [0, 0.05) is 22.7 Å². The van der Waals surface area contributed by atoms with Gasteiger partial charge < -0.3 is 9.67 Å². The average molecular weight is 409 g/mol. The number of aliphatic carboxylic acids is 1. The van der Waals surface area contributed by atoms with Gasteiger partial charge >= 0.3 is 5.97 Å². The first-order valence-electron chi connectivity index (χ1n) is 7.56. The van der Waals surface area contributed by atoms with E-state index in [1.54, 1.807) is 24.4 Å². The van der Waals surface area contributed by atoms with Crippen LogP contribution in [0.3, 0.4) is 0 Å². The summed E-state index contributed by atoms with van der Waals surface area (Å²) in [5, 5.41) is 8.89. The van der Waals surface area contributed by atoms with E-state index in [4.69, 9.17) is 5.11 Å². The van der Waals surface area contributed by atoms with Crippen molar-refractivity contribution < 1.29 is 23.9 Å². The molecule has 1 atom stereocenters. The first kappa shape index (κ1) is 17.3. The Morgan fingerprint density at radius 1 is 1.28 bits per heavy atom. The molecular formula is C17H14BrFN2O4. The largest absolute Gasteiger partial charge is 0.481 e. The third kappa shape index (κ3) is 3.34. The second-order valence-electron chi connectivity index (χ2n) is 5.71. The molecule has 8 heteroatoms. The monoisotopic (exact) mass is 408 g/mol. The van der Waals surface area contributed by atoms with Crippen LogP contribution in [0.4, 0.5) is 4.39 Å². The summed E-state index contributed by atoms with van der Waals surface area (Å²) in [5.41, 5.74) is 0.495. The van der Waals surface area contributed by atoms with E-state index in [9.17, 15) is 18.8 Å². The summed E-state index contributed by atoms with van der Waals surface area (Å²) in [6.07, 6.45) is 1.43. The minimum Gasteiger partial charge on any atom is -0.481 e. The molecule has 1 aromatic carbocycles. The molecule has 0 fully saturated rings. The molecule has 2 amide bonds. The Bertz CT molecular complexity index is 864. The Kier molecular flexibility index (Phi) is 4.71. The van der Waals surface area contributed by atoms with Crippen LogP contribution in [0, 0.1) is 5.82 Å². The van der Waals surface area contributed by atoms with E-state index >= 15 is 0 Å². The summed E-state index contributed by atoms with van der Waals surface area (Å²) >= 11 is 3.16. The molecule has 1 aromatic heterocycles. The number of imide groups is 1. The summed E-state index contributed by atoms with van der Waals surface area (Å²) in [4.78, 5) is 37.2. The predicted octanol–water partition coefficient (Wildman–Crippen LogP) is 2.98. The smallest absolute Gasteiger partial charge is 0.303 e. The van der Waals surface area contributed by atoms with Crippen molar-refractivity contribution in [3.63, 3.8) is 0 Å². The van der Waals surface area contributed by atoms with Crippen molar-refractivity contribution in [1.82, 2.24) is 9.47 Å². The molecule has 0 radical (unpaired) electrons. The van der Waals surface area contributed by atoms with Gasteiger partial charge in [-0.2, -0.15) is 0 Å². The van der Waals surface area contributed by atoms with E-state index in [2.05, 4.69) is 15.9 Å². The third-order valence-electron chi connectivity index (χ3n) is 4.11. The molecule has 130 valence electrons. The number of rotatable bonds is 5. The second kappa shape index (κ2) is 6.79. The van der Waals surface area contributed by atoms with Crippen LogP contribution in [0.2, 0.25) is 0 Å². The van der Waals surface area contributed by atoms with Gasteiger partial charge in [-0.05, 0) is 30.7 Å². The highest BCUT2D eigenvalue weighted by Gasteiger charge is 2.38. The van der Waals surface area contributed by atoms with Crippen molar-refractivity contribution in [2.45, 2.75) is 25.4 Å². The number of benzene rings is 1. The molecule has 1 aliphatic rings. The SMILES string of the molecule is O=C(O)CCC1C(=O)N(Cc2ccc(Br)cc2F)C(=O)c2cccn21. The predicted molar refractivity (Wildman–Crippen MR) is 89.3 cm³/mol. The Morgan fingerprint density at radius 3 is 2.72 bits per heavy atom. The number of hydrogen-bond acceptors (Lipinski definition) is 3. The van der Waals surface area contributed by atoms with Crippen LogP contribution < -0.4 is 0 Å². The molecule has 0 saturated heterocycles.